The molecule has 6 nitrogen and oxygen atoms in total. The molecular formula is C22H24N4O2. The van der Waals surface area contributed by atoms with Crippen molar-refractivity contribution in [2.45, 2.75) is 19.4 Å². The third-order valence-electron chi connectivity index (χ3n) is 5.34. The van der Waals surface area contributed by atoms with E-state index in [-0.39, 0.29) is 18.4 Å². The van der Waals surface area contributed by atoms with Crippen LogP contribution in [0.25, 0.3) is 11.4 Å². The Hall–Kier alpha value is -2.99. The second kappa shape index (κ2) is 7.94. The lowest BCUT2D eigenvalue weighted by Crippen LogP contribution is -2.49. The average molecular weight is 376 g/mol. The Morgan fingerprint density at radius 1 is 1.11 bits per heavy atom. The van der Waals surface area contributed by atoms with Crippen LogP contribution in [-0.2, 0) is 11.2 Å². The maximum atomic E-state index is 12.8. The molecule has 0 N–H and O–H groups in total. The molecule has 1 aliphatic rings. The van der Waals surface area contributed by atoms with Crippen molar-refractivity contribution >= 4 is 5.91 Å². The lowest BCUT2D eigenvalue weighted by atomic mass is 10.0. The molecule has 4 rings (SSSR count). The number of hydrogen-bond donors (Lipinski definition) is 0. The summed E-state index contributed by atoms with van der Waals surface area (Å²) in [5.74, 6) is 0.911. The maximum absolute atomic E-state index is 12.8. The van der Waals surface area contributed by atoms with E-state index in [2.05, 4.69) is 34.2 Å². The van der Waals surface area contributed by atoms with Gasteiger partial charge < -0.3 is 9.42 Å². The molecule has 0 bridgehead atoms. The quantitative estimate of drug-likeness (QED) is 0.700. The van der Waals surface area contributed by atoms with Crippen molar-refractivity contribution in [2.75, 3.05) is 26.7 Å². The van der Waals surface area contributed by atoms with E-state index in [9.17, 15) is 4.79 Å². The van der Waals surface area contributed by atoms with Crippen LogP contribution in [0.4, 0.5) is 0 Å². The van der Waals surface area contributed by atoms with Gasteiger partial charge in [-0.1, -0.05) is 59.8 Å². The number of rotatable bonds is 4. The Morgan fingerprint density at radius 3 is 2.64 bits per heavy atom. The van der Waals surface area contributed by atoms with Gasteiger partial charge in [0.15, 0.2) is 0 Å². The van der Waals surface area contributed by atoms with E-state index in [0.717, 1.165) is 17.7 Å². The minimum Gasteiger partial charge on any atom is -0.339 e. The lowest BCUT2D eigenvalue weighted by Gasteiger charge is -2.39. The fourth-order valence-electron chi connectivity index (χ4n) is 3.64. The number of carbonyl (C=O) groups is 1. The zero-order chi connectivity index (χ0) is 19.5. The molecular weight excluding hydrogens is 352 g/mol. The number of aromatic nitrogens is 2. The molecule has 0 spiro atoms. The van der Waals surface area contributed by atoms with Crippen molar-refractivity contribution in [3.05, 3.63) is 71.6 Å². The van der Waals surface area contributed by atoms with Crippen LogP contribution in [0, 0.1) is 6.92 Å². The third-order valence-corrected chi connectivity index (χ3v) is 5.34. The van der Waals surface area contributed by atoms with Crippen LogP contribution in [0.15, 0.2) is 59.1 Å². The highest BCUT2D eigenvalue weighted by Crippen LogP contribution is 2.24. The number of amides is 1. The molecule has 2 heterocycles. The molecule has 28 heavy (non-hydrogen) atoms. The van der Waals surface area contributed by atoms with E-state index in [1.54, 1.807) is 0 Å². The van der Waals surface area contributed by atoms with Crippen molar-refractivity contribution in [1.82, 2.24) is 19.9 Å². The maximum Gasteiger partial charge on any atom is 0.236 e. The Labute approximate surface area is 164 Å². The summed E-state index contributed by atoms with van der Waals surface area (Å²) in [5.41, 5.74) is 3.22. The highest BCUT2D eigenvalue weighted by Gasteiger charge is 2.29. The number of piperazine rings is 1. The molecule has 2 aromatic carbocycles. The third kappa shape index (κ3) is 3.82. The van der Waals surface area contributed by atoms with E-state index in [4.69, 9.17) is 4.52 Å². The van der Waals surface area contributed by atoms with Gasteiger partial charge in [-0.2, -0.15) is 4.98 Å². The van der Waals surface area contributed by atoms with Gasteiger partial charge in [0.25, 0.3) is 0 Å². The summed E-state index contributed by atoms with van der Waals surface area (Å²) >= 11 is 0. The van der Waals surface area contributed by atoms with Gasteiger partial charge in [0.1, 0.15) is 6.42 Å². The standard InChI is InChI=1S/C22H24N4O2/c1-16-8-6-7-11-18(16)22-23-20(28-24-22)14-21(27)26-13-12-25(2)19(15-26)17-9-4-3-5-10-17/h3-11,19H,12-15H2,1-2H3. The predicted octanol–water partition coefficient (Wildman–Crippen LogP) is 3.10. The first-order valence-corrected chi connectivity index (χ1v) is 9.53. The average Bonchev–Trinajstić information content (AvgIpc) is 3.17. The second-order valence-electron chi connectivity index (χ2n) is 7.25. The zero-order valence-electron chi connectivity index (χ0n) is 16.2. The van der Waals surface area contributed by atoms with Gasteiger partial charge in [0.05, 0.1) is 6.04 Å². The van der Waals surface area contributed by atoms with Gasteiger partial charge in [-0.3, -0.25) is 9.69 Å². The number of aryl methyl sites for hydroxylation is 1. The van der Waals surface area contributed by atoms with E-state index in [1.807, 2.05) is 54.3 Å². The molecule has 0 saturated carbocycles. The van der Waals surface area contributed by atoms with Crippen LogP contribution < -0.4 is 0 Å². The summed E-state index contributed by atoms with van der Waals surface area (Å²) in [6.07, 6.45) is 0.129. The van der Waals surface area contributed by atoms with Gasteiger partial charge in [-0.25, -0.2) is 0 Å². The van der Waals surface area contributed by atoms with Gasteiger partial charge in [-0.15, -0.1) is 0 Å². The van der Waals surface area contributed by atoms with Crippen molar-refractivity contribution in [2.24, 2.45) is 0 Å². The summed E-state index contributed by atoms with van der Waals surface area (Å²) in [5, 5.41) is 4.05. The van der Waals surface area contributed by atoms with E-state index < -0.39 is 0 Å². The first-order chi connectivity index (χ1) is 13.6. The molecule has 3 aromatic rings. The van der Waals surface area contributed by atoms with Crippen LogP contribution >= 0.6 is 0 Å². The molecule has 6 heteroatoms. The smallest absolute Gasteiger partial charge is 0.236 e. The minimum atomic E-state index is 0.0222. The monoisotopic (exact) mass is 376 g/mol. The molecule has 0 aliphatic carbocycles. The van der Waals surface area contributed by atoms with E-state index in [0.29, 0.717) is 24.8 Å². The number of nitrogens with zero attached hydrogens (tertiary/aromatic N) is 4. The molecule has 0 radical (unpaired) electrons. The number of likely N-dealkylation sites (N-methyl/N-ethyl adjacent to an activating group) is 1. The van der Waals surface area contributed by atoms with Crippen molar-refractivity contribution in [3.63, 3.8) is 0 Å². The van der Waals surface area contributed by atoms with E-state index >= 15 is 0 Å². The zero-order valence-corrected chi connectivity index (χ0v) is 16.2. The summed E-state index contributed by atoms with van der Waals surface area (Å²) in [4.78, 5) is 21.5. The van der Waals surface area contributed by atoms with Gasteiger partial charge in [-0.05, 0) is 25.1 Å². The molecule has 1 fully saturated rings. The number of benzene rings is 2. The molecule has 1 unspecified atom stereocenters. The van der Waals surface area contributed by atoms with Crippen LogP contribution in [0.1, 0.15) is 23.1 Å². The Morgan fingerprint density at radius 2 is 1.86 bits per heavy atom. The predicted molar refractivity (Wildman–Crippen MR) is 107 cm³/mol. The molecule has 1 saturated heterocycles. The second-order valence-corrected chi connectivity index (χ2v) is 7.25. The fraction of sp³-hybridized carbons (Fsp3) is 0.318. The minimum absolute atomic E-state index is 0.0222. The first kappa shape index (κ1) is 18.4. The molecule has 1 aromatic heterocycles. The summed E-state index contributed by atoms with van der Waals surface area (Å²) in [6.45, 7) is 4.21. The summed E-state index contributed by atoms with van der Waals surface area (Å²) in [6, 6.07) is 18.4. The summed E-state index contributed by atoms with van der Waals surface area (Å²) < 4.78 is 5.35. The van der Waals surface area contributed by atoms with Gasteiger partial charge in [0, 0.05) is 25.2 Å². The first-order valence-electron chi connectivity index (χ1n) is 9.53. The van der Waals surface area contributed by atoms with Crippen LogP contribution in [0.2, 0.25) is 0 Å². The largest absolute Gasteiger partial charge is 0.339 e. The summed E-state index contributed by atoms with van der Waals surface area (Å²) in [7, 11) is 2.10. The normalized spacial score (nSPS) is 17.6. The lowest BCUT2D eigenvalue weighted by molar-refractivity contribution is -0.133. The highest BCUT2D eigenvalue weighted by molar-refractivity contribution is 5.78. The Kier molecular flexibility index (Phi) is 5.21. The Balaban J connectivity index is 1.45. The van der Waals surface area contributed by atoms with E-state index in [1.165, 1.54) is 5.56 Å². The van der Waals surface area contributed by atoms with Crippen molar-refractivity contribution in [3.8, 4) is 11.4 Å². The van der Waals surface area contributed by atoms with Crippen molar-refractivity contribution in [1.29, 1.82) is 0 Å². The molecule has 1 aliphatic heterocycles. The van der Waals surface area contributed by atoms with Crippen LogP contribution in [0.5, 0.6) is 0 Å². The van der Waals surface area contributed by atoms with Gasteiger partial charge >= 0.3 is 0 Å². The number of carbonyl (C=O) groups excluding carboxylic acids is 1. The molecule has 144 valence electrons. The Bertz CT molecular complexity index is 954. The van der Waals surface area contributed by atoms with Gasteiger partial charge in [0.2, 0.25) is 17.6 Å². The fourth-order valence-corrected chi connectivity index (χ4v) is 3.64. The molecule has 1 atom stereocenters. The van der Waals surface area contributed by atoms with Crippen LogP contribution in [0.3, 0.4) is 0 Å². The van der Waals surface area contributed by atoms with Crippen LogP contribution in [-0.4, -0.2) is 52.5 Å². The topological polar surface area (TPSA) is 62.5 Å². The molecule has 1 amide bonds. The SMILES string of the molecule is Cc1ccccc1-c1noc(CC(=O)N2CCN(C)C(c3ccccc3)C2)n1. The number of hydrogen-bond acceptors (Lipinski definition) is 5. The highest BCUT2D eigenvalue weighted by atomic mass is 16.5. The van der Waals surface area contributed by atoms with Crippen molar-refractivity contribution < 1.29 is 9.32 Å².